The number of aromatic nitrogens is 3. The normalized spacial score (nSPS) is 11.6. The number of hydrogen-bond acceptors (Lipinski definition) is 6. The molecule has 0 unspecified atom stereocenters. The molecule has 0 spiro atoms. The van der Waals surface area contributed by atoms with Gasteiger partial charge in [-0.1, -0.05) is 17.7 Å². The van der Waals surface area contributed by atoms with Crippen LogP contribution in [-0.4, -0.2) is 49.1 Å². The van der Waals surface area contributed by atoms with E-state index in [-0.39, 0.29) is 28.0 Å². The fourth-order valence-corrected chi connectivity index (χ4v) is 4.59. The Kier molecular flexibility index (Phi) is 6.36. The first-order valence-corrected chi connectivity index (χ1v) is 9.82. The summed E-state index contributed by atoms with van der Waals surface area (Å²) < 4.78 is 28.1. The van der Waals surface area contributed by atoms with Crippen LogP contribution in [-0.2, 0) is 16.4 Å². The zero-order chi connectivity index (χ0) is 19.1. The first kappa shape index (κ1) is 21.4. The van der Waals surface area contributed by atoms with Crippen molar-refractivity contribution in [2.75, 3.05) is 26.5 Å². The largest absolute Gasteiger partial charge is 0.370 e. The summed E-state index contributed by atoms with van der Waals surface area (Å²) in [5.74, 6) is 0.253. The van der Waals surface area contributed by atoms with Gasteiger partial charge in [0, 0.05) is 24.3 Å². The Morgan fingerprint density at radius 1 is 1.26 bits per heavy atom. The predicted molar refractivity (Wildman–Crippen MR) is 109 cm³/mol. The topological polar surface area (TPSA) is 79.6 Å². The molecule has 0 fully saturated rings. The minimum absolute atomic E-state index is 0. The Hall–Kier alpha value is -1.87. The minimum Gasteiger partial charge on any atom is -0.370 e. The molecule has 0 saturated heterocycles. The lowest BCUT2D eigenvalue weighted by Crippen LogP contribution is -2.15. The van der Waals surface area contributed by atoms with Crippen molar-refractivity contribution in [3.63, 3.8) is 0 Å². The van der Waals surface area contributed by atoms with Crippen LogP contribution in [0.4, 0.5) is 5.82 Å². The number of nitrogens with one attached hydrogen (secondary N) is 1. The summed E-state index contributed by atoms with van der Waals surface area (Å²) in [6.45, 7) is 2.43. The second-order valence-corrected chi connectivity index (χ2v) is 8.57. The fraction of sp³-hybridized carbons (Fsp3) is 0.294. The molecule has 1 N–H and O–H groups in total. The number of fused-ring (bicyclic) bond motifs is 1. The second-order valence-electron chi connectivity index (χ2n) is 6.25. The first-order valence-electron chi connectivity index (χ1n) is 7.96. The van der Waals surface area contributed by atoms with Crippen molar-refractivity contribution in [3.05, 3.63) is 46.7 Å². The lowest BCUT2D eigenvalue weighted by Gasteiger charge is -2.11. The average Bonchev–Trinajstić information content (AvgIpc) is 2.93. The maximum atomic E-state index is 13.3. The smallest absolute Gasteiger partial charge is 0.214 e. The lowest BCUT2D eigenvalue weighted by molar-refractivity contribution is 0.392. The molecule has 0 atom stereocenters. The van der Waals surface area contributed by atoms with Crippen LogP contribution in [0.3, 0.4) is 0 Å². The number of benzene rings is 1. The molecule has 7 nitrogen and oxygen atoms in total. The van der Waals surface area contributed by atoms with Gasteiger partial charge >= 0.3 is 0 Å². The van der Waals surface area contributed by atoms with Crippen molar-refractivity contribution in [3.8, 4) is 0 Å². The molecule has 2 heterocycles. The lowest BCUT2D eigenvalue weighted by atomic mass is 10.3. The van der Waals surface area contributed by atoms with Crippen molar-refractivity contribution in [2.24, 2.45) is 0 Å². The van der Waals surface area contributed by atoms with Gasteiger partial charge in [0.15, 0.2) is 16.4 Å². The van der Waals surface area contributed by atoms with Crippen molar-refractivity contribution in [1.82, 2.24) is 19.5 Å². The Balaban J connectivity index is 0.00000261. The third-order valence-electron chi connectivity index (χ3n) is 3.84. The summed E-state index contributed by atoms with van der Waals surface area (Å²) in [5, 5.41) is 7.67. The van der Waals surface area contributed by atoms with Gasteiger partial charge < -0.3 is 10.2 Å². The van der Waals surface area contributed by atoms with Gasteiger partial charge in [-0.2, -0.15) is 0 Å². The predicted octanol–water partition coefficient (Wildman–Crippen LogP) is 3.05. The quantitative estimate of drug-likeness (QED) is 0.671. The van der Waals surface area contributed by atoms with Gasteiger partial charge in [0.2, 0.25) is 9.84 Å². The van der Waals surface area contributed by atoms with Crippen LogP contribution in [0.1, 0.15) is 11.4 Å². The summed E-state index contributed by atoms with van der Waals surface area (Å²) in [6.07, 6.45) is 0. The Morgan fingerprint density at radius 3 is 2.56 bits per heavy atom. The van der Waals surface area contributed by atoms with Crippen molar-refractivity contribution >= 4 is 45.3 Å². The summed E-state index contributed by atoms with van der Waals surface area (Å²) in [5.41, 5.74) is 1.87. The highest BCUT2D eigenvalue weighted by Crippen LogP contribution is 2.32. The molecule has 1 aromatic carbocycles. The van der Waals surface area contributed by atoms with Crippen molar-refractivity contribution in [1.29, 1.82) is 0 Å². The van der Waals surface area contributed by atoms with E-state index in [1.807, 2.05) is 32.0 Å². The average molecular weight is 430 g/mol. The molecule has 10 heteroatoms. The van der Waals surface area contributed by atoms with Crippen LogP contribution in [0.2, 0.25) is 5.02 Å². The van der Waals surface area contributed by atoms with E-state index in [1.165, 1.54) is 12.1 Å². The fourth-order valence-electron chi connectivity index (χ4n) is 2.79. The number of aryl methyl sites for hydroxylation is 1. The van der Waals surface area contributed by atoms with Crippen LogP contribution in [0, 0.1) is 6.92 Å². The molecule has 0 aliphatic heterocycles. The van der Waals surface area contributed by atoms with Gasteiger partial charge in [0.05, 0.1) is 10.6 Å². The Labute approximate surface area is 169 Å². The van der Waals surface area contributed by atoms with Gasteiger partial charge in [0.1, 0.15) is 0 Å². The molecule has 0 saturated carbocycles. The minimum atomic E-state index is -3.86. The molecule has 0 aliphatic rings. The molecular formula is C17H21Cl2N5O2S. The van der Waals surface area contributed by atoms with E-state index >= 15 is 0 Å². The molecular weight excluding hydrogens is 409 g/mol. The molecule has 3 aromatic rings. The van der Waals surface area contributed by atoms with Gasteiger partial charge in [-0.15, -0.1) is 17.5 Å². The SMILES string of the molecule is CNc1nn2c(CN(C)C)cc(C)nc2c1S(=O)(=O)c1cccc(Cl)c1.Cl. The number of halogens is 2. The molecule has 27 heavy (non-hydrogen) atoms. The maximum Gasteiger partial charge on any atom is 0.214 e. The molecule has 0 amide bonds. The Morgan fingerprint density at radius 2 is 1.96 bits per heavy atom. The van der Waals surface area contributed by atoms with E-state index in [2.05, 4.69) is 15.4 Å². The summed E-state index contributed by atoms with van der Waals surface area (Å²) >= 11 is 5.99. The number of nitrogens with zero attached hydrogens (tertiary/aromatic N) is 4. The monoisotopic (exact) mass is 429 g/mol. The third-order valence-corrected chi connectivity index (χ3v) is 5.86. The Bertz CT molecular complexity index is 1080. The summed E-state index contributed by atoms with van der Waals surface area (Å²) in [7, 11) is 1.66. The summed E-state index contributed by atoms with van der Waals surface area (Å²) in [4.78, 5) is 6.59. The van der Waals surface area contributed by atoms with E-state index in [0.717, 1.165) is 11.4 Å². The second kappa shape index (κ2) is 8.02. The van der Waals surface area contributed by atoms with E-state index in [9.17, 15) is 8.42 Å². The van der Waals surface area contributed by atoms with Gasteiger partial charge in [-0.25, -0.2) is 17.9 Å². The highest BCUT2D eigenvalue weighted by Gasteiger charge is 2.29. The van der Waals surface area contributed by atoms with Gasteiger partial charge in [0.25, 0.3) is 0 Å². The van der Waals surface area contributed by atoms with Crippen LogP contribution in [0.5, 0.6) is 0 Å². The van der Waals surface area contributed by atoms with Crippen LogP contribution in [0.25, 0.3) is 5.65 Å². The van der Waals surface area contributed by atoms with E-state index in [4.69, 9.17) is 11.6 Å². The van der Waals surface area contributed by atoms with Gasteiger partial charge in [-0.05, 0) is 45.3 Å². The highest BCUT2D eigenvalue weighted by atomic mass is 35.5. The number of hydrogen-bond donors (Lipinski definition) is 1. The molecule has 0 radical (unpaired) electrons. The van der Waals surface area contributed by atoms with Gasteiger partial charge in [-0.3, -0.25) is 0 Å². The first-order chi connectivity index (χ1) is 12.2. The van der Waals surface area contributed by atoms with Crippen molar-refractivity contribution in [2.45, 2.75) is 23.3 Å². The van der Waals surface area contributed by atoms with E-state index in [0.29, 0.717) is 17.2 Å². The highest BCUT2D eigenvalue weighted by molar-refractivity contribution is 7.91. The third kappa shape index (κ3) is 4.03. The zero-order valence-electron chi connectivity index (χ0n) is 15.4. The number of rotatable bonds is 5. The van der Waals surface area contributed by atoms with Crippen LogP contribution >= 0.6 is 24.0 Å². The molecule has 0 aliphatic carbocycles. The zero-order valence-corrected chi connectivity index (χ0v) is 17.8. The standard InChI is InChI=1S/C17H20ClN5O2S.ClH/c1-11-8-13(10-22(3)4)23-17(20-11)15(16(19-2)21-23)26(24,25)14-7-5-6-12(18)9-14;/h5-9H,10H2,1-4H3,(H,19,21);1H. The van der Waals surface area contributed by atoms with Crippen LogP contribution < -0.4 is 5.32 Å². The molecule has 146 valence electrons. The molecule has 3 rings (SSSR count). The number of sulfone groups is 1. The van der Waals surface area contributed by atoms with E-state index in [1.54, 1.807) is 23.7 Å². The number of anilines is 1. The molecule has 2 aromatic heterocycles. The molecule has 0 bridgehead atoms. The van der Waals surface area contributed by atoms with Crippen molar-refractivity contribution < 1.29 is 8.42 Å². The maximum absolute atomic E-state index is 13.3. The summed E-state index contributed by atoms with van der Waals surface area (Å²) in [6, 6.07) is 8.08. The van der Waals surface area contributed by atoms with Crippen LogP contribution in [0.15, 0.2) is 40.1 Å². The van der Waals surface area contributed by atoms with E-state index < -0.39 is 9.84 Å².